The van der Waals surface area contributed by atoms with Crippen molar-refractivity contribution in [3.8, 4) is 0 Å². The molecule has 2 aromatic carbocycles. The van der Waals surface area contributed by atoms with Gasteiger partial charge in [0.1, 0.15) is 0 Å². The highest BCUT2D eigenvalue weighted by Crippen LogP contribution is 2.39. The molecule has 0 atom stereocenters. The second-order valence-electron chi connectivity index (χ2n) is 8.52. The number of aromatic amines is 2. The SMILES string of the molecule is CC(C)(CCC(C)(C)c1cccc2[nH]ncc12)c1[nH]nc2ccccc12. The molecule has 0 saturated carbocycles. The standard InChI is InChI=1S/C22H26N4/c1-21(2,17-9-7-11-19-16(17)14-23-24-19)12-13-22(3,4)20-15-8-5-6-10-18(15)25-26-20/h5-11,14H,12-13H2,1-4H3,(H,23,24)(H,25,26). The fraction of sp³-hybridized carbons (Fsp3) is 0.364. The van der Waals surface area contributed by atoms with Gasteiger partial charge in [-0.3, -0.25) is 10.2 Å². The fourth-order valence-electron chi connectivity index (χ4n) is 3.92. The number of rotatable bonds is 5. The summed E-state index contributed by atoms with van der Waals surface area (Å²) in [5.74, 6) is 0. The Morgan fingerprint density at radius 1 is 0.808 bits per heavy atom. The molecule has 4 rings (SSSR count). The monoisotopic (exact) mass is 346 g/mol. The van der Waals surface area contributed by atoms with Crippen molar-refractivity contribution in [1.82, 2.24) is 20.4 Å². The summed E-state index contributed by atoms with van der Waals surface area (Å²) in [6, 6.07) is 14.8. The molecule has 4 aromatic rings. The van der Waals surface area contributed by atoms with Crippen LogP contribution in [0.1, 0.15) is 51.8 Å². The van der Waals surface area contributed by atoms with Gasteiger partial charge in [-0.05, 0) is 36.0 Å². The predicted octanol–water partition coefficient (Wildman–Crippen LogP) is 5.47. The topological polar surface area (TPSA) is 57.4 Å². The number of nitrogens with one attached hydrogen (secondary N) is 2. The van der Waals surface area contributed by atoms with Crippen LogP contribution in [-0.4, -0.2) is 20.4 Å². The molecule has 4 nitrogen and oxygen atoms in total. The molecule has 0 saturated heterocycles. The largest absolute Gasteiger partial charge is 0.281 e. The van der Waals surface area contributed by atoms with E-state index in [2.05, 4.69) is 84.5 Å². The zero-order valence-corrected chi connectivity index (χ0v) is 15.9. The van der Waals surface area contributed by atoms with Crippen molar-refractivity contribution >= 4 is 21.8 Å². The fourth-order valence-corrected chi connectivity index (χ4v) is 3.92. The van der Waals surface area contributed by atoms with Crippen LogP contribution in [0.5, 0.6) is 0 Å². The second kappa shape index (κ2) is 5.97. The molecule has 0 aliphatic rings. The Kier molecular flexibility index (Phi) is 3.87. The number of hydrogen-bond acceptors (Lipinski definition) is 2. The van der Waals surface area contributed by atoms with Gasteiger partial charge in [0.2, 0.25) is 0 Å². The molecule has 0 spiro atoms. The van der Waals surface area contributed by atoms with Crippen molar-refractivity contribution in [3.63, 3.8) is 0 Å². The minimum absolute atomic E-state index is 0.0255. The van der Waals surface area contributed by atoms with E-state index in [-0.39, 0.29) is 10.8 Å². The molecule has 0 bridgehead atoms. The van der Waals surface area contributed by atoms with E-state index < -0.39 is 0 Å². The lowest BCUT2D eigenvalue weighted by Crippen LogP contribution is -2.25. The Morgan fingerprint density at radius 3 is 2.42 bits per heavy atom. The second-order valence-corrected chi connectivity index (χ2v) is 8.52. The van der Waals surface area contributed by atoms with Gasteiger partial charge in [-0.15, -0.1) is 0 Å². The third-order valence-corrected chi connectivity index (χ3v) is 5.73. The van der Waals surface area contributed by atoms with E-state index >= 15 is 0 Å². The van der Waals surface area contributed by atoms with Crippen LogP contribution in [0.25, 0.3) is 21.8 Å². The number of para-hydroxylation sites is 1. The Balaban J connectivity index is 1.62. The number of aromatic nitrogens is 4. The minimum Gasteiger partial charge on any atom is -0.281 e. The van der Waals surface area contributed by atoms with Crippen LogP contribution in [0.3, 0.4) is 0 Å². The van der Waals surface area contributed by atoms with E-state index in [1.165, 1.54) is 22.0 Å². The third-order valence-electron chi connectivity index (χ3n) is 5.73. The van der Waals surface area contributed by atoms with Gasteiger partial charge in [0.05, 0.1) is 17.2 Å². The van der Waals surface area contributed by atoms with E-state index in [0.29, 0.717) is 0 Å². The molecule has 0 aliphatic carbocycles. The van der Waals surface area contributed by atoms with Gasteiger partial charge in [0, 0.05) is 21.9 Å². The van der Waals surface area contributed by atoms with Crippen molar-refractivity contribution in [2.45, 2.75) is 51.4 Å². The lowest BCUT2D eigenvalue weighted by Gasteiger charge is -2.31. The van der Waals surface area contributed by atoms with Crippen LogP contribution >= 0.6 is 0 Å². The van der Waals surface area contributed by atoms with Crippen LogP contribution in [0.15, 0.2) is 48.7 Å². The highest BCUT2D eigenvalue weighted by Gasteiger charge is 2.30. The molecule has 0 unspecified atom stereocenters. The molecule has 0 radical (unpaired) electrons. The number of fused-ring (bicyclic) bond motifs is 2. The normalized spacial score (nSPS) is 12.9. The molecule has 134 valence electrons. The summed E-state index contributed by atoms with van der Waals surface area (Å²) >= 11 is 0. The van der Waals surface area contributed by atoms with E-state index in [4.69, 9.17) is 0 Å². The average molecular weight is 346 g/mol. The summed E-state index contributed by atoms with van der Waals surface area (Å²) < 4.78 is 0. The molecule has 2 aromatic heterocycles. The summed E-state index contributed by atoms with van der Waals surface area (Å²) in [4.78, 5) is 0. The van der Waals surface area contributed by atoms with Gasteiger partial charge in [-0.2, -0.15) is 10.2 Å². The van der Waals surface area contributed by atoms with Crippen molar-refractivity contribution < 1.29 is 0 Å². The first kappa shape index (κ1) is 16.8. The van der Waals surface area contributed by atoms with E-state index in [9.17, 15) is 0 Å². The van der Waals surface area contributed by atoms with Gasteiger partial charge in [-0.1, -0.05) is 58.0 Å². The maximum Gasteiger partial charge on any atom is 0.0923 e. The lowest BCUT2D eigenvalue weighted by atomic mass is 9.73. The molecule has 0 fully saturated rings. The Morgan fingerprint density at radius 2 is 1.58 bits per heavy atom. The Hall–Kier alpha value is -2.62. The van der Waals surface area contributed by atoms with Crippen molar-refractivity contribution in [2.75, 3.05) is 0 Å². The Bertz CT molecular complexity index is 1050. The average Bonchev–Trinajstić information content (AvgIpc) is 3.26. The van der Waals surface area contributed by atoms with Crippen LogP contribution in [0.2, 0.25) is 0 Å². The smallest absolute Gasteiger partial charge is 0.0923 e. The molecule has 26 heavy (non-hydrogen) atoms. The molecule has 2 N–H and O–H groups in total. The highest BCUT2D eigenvalue weighted by atomic mass is 15.1. The molecule has 2 heterocycles. The van der Waals surface area contributed by atoms with Gasteiger partial charge >= 0.3 is 0 Å². The van der Waals surface area contributed by atoms with Gasteiger partial charge in [-0.25, -0.2) is 0 Å². The van der Waals surface area contributed by atoms with Crippen LogP contribution in [0.4, 0.5) is 0 Å². The lowest BCUT2D eigenvalue weighted by molar-refractivity contribution is 0.372. The van der Waals surface area contributed by atoms with Crippen LogP contribution < -0.4 is 0 Å². The minimum atomic E-state index is 0.0255. The number of H-pyrrole nitrogens is 2. The van der Waals surface area contributed by atoms with Crippen molar-refractivity contribution in [1.29, 1.82) is 0 Å². The van der Waals surface area contributed by atoms with Crippen molar-refractivity contribution in [3.05, 3.63) is 59.9 Å². The highest BCUT2D eigenvalue weighted by molar-refractivity contribution is 5.83. The predicted molar refractivity (Wildman–Crippen MR) is 107 cm³/mol. The molecule has 0 aliphatic heterocycles. The van der Waals surface area contributed by atoms with Gasteiger partial charge < -0.3 is 0 Å². The van der Waals surface area contributed by atoms with Gasteiger partial charge in [0.25, 0.3) is 0 Å². The first-order valence-electron chi connectivity index (χ1n) is 9.25. The number of benzene rings is 2. The molecule has 4 heteroatoms. The summed E-state index contributed by atoms with van der Waals surface area (Å²) in [5, 5.41) is 17.5. The van der Waals surface area contributed by atoms with Crippen LogP contribution in [0, 0.1) is 0 Å². The number of nitrogens with zero attached hydrogens (tertiary/aromatic N) is 2. The maximum absolute atomic E-state index is 4.48. The zero-order valence-electron chi connectivity index (χ0n) is 15.9. The van der Waals surface area contributed by atoms with Crippen molar-refractivity contribution in [2.24, 2.45) is 0 Å². The molecule has 0 amide bonds. The molecular weight excluding hydrogens is 320 g/mol. The maximum atomic E-state index is 4.48. The molecular formula is C22H26N4. The number of hydrogen-bond donors (Lipinski definition) is 2. The first-order valence-corrected chi connectivity index (χ1v) is 9.25. The van der Waals surface area contributed by atoms with Gasteiger partial charge in [0.15, 0.2) is 0 Å². The van der Waals surface area contributed by atoms with E-state index in [0.717, 1.165) is 23.9 Å². The van der Waals surface area contributed by atoms with Crippen LogP contribution in [-0.2, 0) is 10.8 Å². The third kappa shape index (κ3) is 2.79. The summed E-state index contributed by atoms with van der Waals surface area (Å²) in [7, 11) is 0. The Labute approximate surface area is 154 Å². The summed E-state index contributed by atoms with van der Waals surface area (Å²) in [6.45, 7) is 9.27. The van der Waals surface area contributed by atoms with E-state index in [1.54, 1.807) is 0 Å². The summed E-state index contributed by atoms with van der Waals surface area (Å²) in [6.07, 6.45) is 4.10. The quantitative estimate of drug-likeness (QED) is 0.503. The summed E-state index contributed by atoms with van der Waals surface area (Å²) in [5.41, 5.74) is 4.82. The first-order chi connectivity index (χ1) is 12.4. The van der Waals surface area contributed by atoms with E-state index in [1.807, 2.05) is 12.3 Å². The zero-order chi connectivity index (χ0) is 18.4.